The van der Waals surface area contributed by atoms with Crippen molar-refractivity contribution in [2.45, 2.75) is 20.4 Å². The summed E-state index contributed by atoms with van der Waals surface area (Å²) in [5.74, 6) is -0.0919. The molecule has 0 unspecified atom stereocenters. The minimum Gasteiger partial charge on any atom is -0.308 e. The summed E-state index contributed by atoms with van der Waals surface area (Å²) >= 11 is 3.26. The smallest absolute Gasteiger partial charge is 0.223 e. The minimum absolute atomic E-state index is 0.0919. The maximum Gasteiger partial charge on any atom is 0.223 e. The molecule has 0 spiro atoms. The molecule has 4 nitrogen and oxygen atoms in total. The van der Waals surface area contributed by atoms with Gasteiger partial charge in [0.15, 0.2) is 5.13 Å². The summed E-state index contributed by atoms with van der Waals surface area (Å²) in [7, 11) is 0. The van der Waals surface area contributed by atoms with Crippen LogP contribution in [0.3, 0.4) is 0 Å². The first kappa shape index (κ1) is 14.9. The molecule has 20 heavy (non-hydrogen) atoms. The standard InChI is InChI=1S/C14H17N3OS2/c1-4-7-15-8-11-5-6-12(19-11)13-9(2)16-14(20-13)17-10(3)18/h4-6,15H,1,7-8H2,2-3H3,(H,16,17,18). The van der Waals surface area contributed by atoms with Crippen molar-refractivity contribution in [3.8, 4) is 9.75 Å². The van der Waals surface area contributed by atoms with Gasteiger partial charge in [-0.2, -0.15) is 0 Å². The average Bonchev–Trinajstić information content (AvgIpc) is 2.96. The van der Waals surface area contributed by atoms with Crippen molar-refractivity contribution in [3.63, 3.8) is 0 Å². The molecular formula is C14H17N3OS2. The summed E-state index contributed by atoms with van der Waals surface area (Å²) in [6, 6.07) is 4.22. The normalized spacial score (nSPS) is 10.5. The molecular weight excluding hydrogens is 290 g/mol. The molecule has 0 aromatic carbocycles. The summed E-state index contributed by atoms with van der Waals surface area (Å²) in [5, 5.41) is 6.68. The van der Waals surface area contributed by atoms with Crippen molar-refractivity contribution in [3.05, 3.63) is 35.4 Å². The lowest BCUT2D eigenvalue weighted by atomic mass is 10.3. The lowest BCUT2D eigenvalue weighted by Gasteiger charge is -1.97. The van der Waals surface area contributed by atoms with Crippen molar-refractivity contribution >= 4 is 33.7 Å². The molecule has 2 rings (SSSR count). The Hall–Kier alpha value is -1.50. The second kappa shape index (κ2) is 6.78. The second-order valence-corrected chi connectivity index (χ2v) is 6.47. The highest BCUT2D eigenvalue weighted by Gasteiger charge is 2.12. The number of aryl methyl sites for hydroxylation is 1. The molecule has 2 N–H and O–H groups in total. The third-order valence-corrected chi connectivity index (χ3v) is 4.89. The Kier molecular flexibility index (Phi) is 5.05. The lowest BCUT2D eigenvalue weighted by Crippen LogP contribution is -2.11. The molecule has 2 heterocycles. The fourth-order valence-corrected chi connectivity index (χ4v) is 3.87. The monoisotopic (exact) mass is 307 g/mol. The summed E-state index contributed by atoms with van der Waals surface area (Å²) in [5.41, 5.74) is 0.950. The third-order valence-electron chi connectivity index (χ3n) is 2.55. The number of hydrogen-bond acceptors (Lipinski definition) is 5. The summed E-state index contributed by atoms with van der Waals surface area (Å²) < 4.78 is 0. The van der Waals surface area contributed by atoms with Crippen molar-refractivity contribution in [2.75, 3.05) is 11.9 Å². The number of carbonyl (C=O) groups is 1. The van der Waals surface area contributed by atoms with Crippen LogP contribution in [0.25, 0.3) is 9.75 Å². The molecule has 0 aliphatic carbocycles. The van der Waals surface area contributed by atoms with Gasteiger partial charge >= 0.3 is 0 Å². The molecule has 0 atom stereocenters. The number of thiophene rings is 1. The number of amides is 1. The number of hydrogen-bond donors (Lipinski definition) is 2. The zero-order valence-electron chi connectivity index (χ0n) is 11.5. The Morgan fingerprint density at radius 3 is 2.95 bits per heavy atom. The molecule has 6 heteroatoms. The number of aromatic nitrogens is 1. The van der Waals surface area contributed by atoms with Gasteiger partial charge in [-0.25, -0.2) is 4.98 Å². The average molecular weight is 307 g/mol. The fraction of sp³-hybridized carbons (Fsp3) is 0.286. The molecule has 106 valence electrons. The minimum atomic E-state index is -0.0919. The van der Waals surface area contributed by atoms with E-state index in [1.165, 1.54) is 28.0 Å². The van der Waals surface area contributed by atoms with Crippen LogP contribution in [-0.4, -0.2) is 17.4 Å². The van der Waals surface area contributed by atoms with Gasteiger partial charge in [-0.05, 0) is 19.1 Å². The summed E-state index contributed by atoms with van der Waals surface area (Å²) in [4.78, 5) is 19.0. The van der Waals surface area contributed by atoms with Crippen molar-refractivity contribution in [2.24, 2.45) is 0 Å². The second-order valence-electron chi connectivity index (χ2n) is 4.30. The Morgan fingerprint density at radius 2 is 2.25 bits per heavy atom. The number of thiazole rings is 1. The van der Waals surface area contributed by atoms with E-state index in [0.717, 1.165) is 23.7 Å². The van der Waals surface area contributed by atoms with Crippen molar-refractivity contribution < 1.29 is 4.79 Å². The third kappa shape index (κ3) is 3.75. The number of nitrogens with one attached hydrogen (secondary N) is 2. The van der Waals surface area contributed by atoms with E-state index in [-0.39, 0.29) is 5.91 Å². The number of rotatable bonds is 6. The number of nitrogens with zero attached hydrogens (tertiary/aromatic N) is 1. The molecule has 1 amide bonds. The molecule has 2 aromatic rings. The van der Waals surface area contributed by atoms with Crippen LogP contribution < -0.4 is 10.6 Å². The van der Waals surface area contributed by atoms with Gasteiger partial charge in [0, 0.05) is 29.8 Å². The molecule has 0 saturated heterocycles. The van der Waals surface area contributed by atoms with E-state index >= 15 is 0 Å². The van der Waals surface area contributed by atoms with Crippen LogP contribution in [0, 0.1) is 6.92 Å². The lowest BCUT2D eigenvalue weighted by molar-refractivity contribution is -0.114. The first-order chi connectivity index (χ1) is 9.60. The highest BCUT2D eigenvalue weighted by Crippen LogP contribution is 2.36. The molecule has 0 aliphatic heterocycles. The van der Waals surface area contributed by atoms with Gasteiger partial charge < -0.3 is 10.6 Å². The Bertz CT molecular complexity index is 616. The van der Waals surface area contributed by atoms with Crippen LogP contribution in [0.4, 0.5) is 5.13 Å². The van der Waals surface area contributed by atoms with Gasteiger partial charge in [-0.1, -0.05) is 17.4 Å². The van der Waals surface area contributed by atoms with Gasteiger partial charge in [0.1, 0.15) is 0 Å². The first-order valence-corrected chi connectivity index (χ1v) is 7.89. The topological polar surface area (TPSA) is 54.0 Å². The summed E-state index contributed by atoms with van der Waals surface area (Å²) in [6.07, 6.45) is 1.85. The van der Waals surface area contributed by atoms with Gasteiger partial charge in [-0.15, -0.1) is 17.9 Å². The van der Waals surface area contributed by atoms with Crippen LogP contribution >= 0.6 is 22.7 Å². The van der Waals surface area contributed by atoms with E-state index < -0.39 is 0 Å². The van der Waals surface area contributed by atoms with E-state index in [2.05, 4.69) is 34.3 Å². The fourth-order valence-electron chi connectivity index (χ4n) is 1.72. The van der Waals surface area contributed by atoms with Gasteiger partial charge in [-0.3, -0.25) is 4.79 Å². The first-order valence-electron chi connectivity index (χ1n) is 6.26. The van der Waals surface area contributed by atoms with Crippen LogP contribution in [0.1, 0.15) is 17.5 Å². The van der Waals surface area contributed by atoms with Crippen LogP contribution in [-0.2, 0) is 11.3 Å². The summed E-state index contributed by atoms with van der Waals surface area (Å²) in [6.45, 7) is 8.78. The molecule has 0 saturated carbocycles. The van der Waals surface area contributed by atoms with Crippen molar-refractivity contribution in [1.29, 1.82) is 0 Å². The number of carbonyl (C=O) groups excluding carboxylic acids is 1. The Balaban J connectivity index is 2.13. The van der Waals surface area contributed by atoms with E-state index in [9.17, 15) is 4.79 Å². The molecule has 0 bridgehead atoms. The van der Waals surface area contributed by atoms with Crippen LogP contribution in [0.2, 0.25) is 0 Å². The maximum atomic E-state index is 11.1. The van der Waals surface area contributed by atoms with Crippen LogP contribution in [0.15, 0.2) is 24.8 Å². The van der Waals surface area contributed by atoms with E-state index in [1.807, 2.05) is 13.0 Å². The van der Waals surface area contributed by atoms with Gasteiger partial charge in [0.2, 0.25) is 5.91 Å². The molecule has 0 fully saturated rings. The van der Waals surface area contributed by atoms with E-state index in [0.29, 0.717) is 5.13 Å². The maximum absolute atomic E-state index is 11.1. The van der Waals surface area contributed by atoms with Gasteiger partial charge in [0.25, 0.3) is 0 Å². The highest BCUT2D eigenvalue weighted by molar-refractivity contribution is 7.24. The van der Waals surface area contributed by atoms with Gasteiger partial charge in [0.05, 0.1) is 10.6 Å². The molecule has 0 radical (unpaired) electrons. The van der Waals surface area contributed by atoms with Crippen LogP contribution in [0.5, 0.6) is 0 Å². The predicted octanol–water partition coefficient (Wildman–Crippen LogP) is 3.41. The molecule has 0 aliphatic rings. The Morgan fingerprint density at radius 1 is 1.45 bits per heavy atom. The zero-order chi connectivity index (χ0) is 14.5. The SMILES string of the molecule is C=CCNCc1ccc(-c2sc(NC(C)=O)nc2C)s1. The number of anilines is 1. The molecule has 2 aromatic heterocycles. The largest absolute Gasteiger partial charge is 0.308 e. The predicted molar refractivity (Wildman–Crippen MR) is 86.4 cm³/mol. The van der Waals surface area contributed by atoms with E-state index in [4.69, 9.17) is 0 Å². The highest BCUT2D eigenvalue weighted by atomic mass is 32.1. The van der Waals surface area contributed by atoms with Crippen molar-refractivity contribution in [1.82, 2.24) is 10.3 Å². The Labute approximate surface area is 126 Å². The van der Waals surface area contributed by atoms with E-state index in [1.54, 1.807) is 11.3 Å². The zero-order valence-corrected chi connectivity index (χ0v) is 13.2. The quantitative estimate of drug-likeness (QED) is 0.635.